The van der Waals surface area contributed by atoms with Gasteiger partial charge < -0.3 is 4.74 Å². The Labute approximate surface area is 137 Å². The Kier molecular flexibility index (Phi) is 3.92. The Balaban J connectivity index is 1.85. The van der Waals surface area contributed by atoms with E-state index in [9.17, 15) is 0 Å². The van der Waals surface area contributed by atoms with Crippen LogP contribution in [0.4, 0.5) is 0 Å². The van der Waals surface area contributed by atoms with Crippen LogP contribution >= 0.6 is 0 Å². The first-order valence-corrected chi connectivity index (χ1v) is 8.56. The van der Waals surface area contributed by atoms with Crippen molar-refractivity contribution in [2.24, 2.45) is 0 Å². The number of benzene rings is 3. The molecule has 1 aliphatic rings. The van der Waals surface area contributed by atoms with Crippen LogP contribution in [0.1, 0.15) is 24.8 Å². The molecule has 2 nitrogen and oxygen atoms in total. The highest BCUT2D eigenvalue weighted by Crippen LogP contribution is 2.32. The minimum absolute atomic E-state index is 0.985. The summed E-state index contributed by atoms with van der Waals surface area (Å²) in [4.78, 5) is 2.57. The van der Waals surface area contributed by atoms with E-state index in [0.29, 0.717) is 0 Å². The molecule has 0 atom stereocenters. The second-order valence-corrected chi connectivity index (χ2v) is 6.50. The Morgan fingerprint density at radius 1 is 0.870 bits per heavy atom. The zero-order chi connectivity index (χ0) is 15.6. The molecule has 0 N–H and O–H groups in total. The van der Waals surface area contributed by atoms with E-state index in [1.165, 1.54) is 59.5 Å². The lowest BCUT2D eigenvalue weighted by Gasteiger charge is -2.27. The summed E-state index contributed by atoms with van der Waals surface area (Å²) in [6, 6.07) is 17.5. The van der Waals surface area contributed by atoms with Gasteiger partial charge in [0.2, 0.25) is 0 Å². The molecule has 0 amide bonds. The first kappa shape index (κ1) is 14.5. The minimum Gasteiger partial charge on any atom is -0.496 e. The number of likely N-dealkylation sites (tertiary alicyclic amines) is 1. The van der Waals surface area contributed by atoms with Crippen LogP contribution in [0.15, 0.2) is 48.5 Å². The molecule has 3 aromatic rings. The predicted molar refractivity (Wildman–Crippen MR) is 97.1 cm³/mol. The van der Waals surface area contributed by atoms with Gasteiger partial charge in [0.25, 0.3) is 0 Å². The molecule has 0 aromatic heterocycles. The molecule has 0 spiro atoms. The van der Waals surface area contributed by atoms with Gasteiger partial charge in [-0.05, 0) is 65.7 Å². The molecule has 0 saturated carbocycles. The summed E-state index contributed by atoms with van der Waals surface area (Å²) in [5.41, 5.74) is 1.33. The smallest absolute Gasteiger partial charge is 0.123 e. The third-order valence-electron chi connectivity index (χ3n) is 5.00. The number of hydrogen-bond donors (Lipinski definition) is 0. The summed E-state index contributed by atoms with van der Waals surface area (Å²) in [5, 5.41) is 5.23. The van der Waals surface area contributed by atoms with Gasteiger partial charge in [-0.2, -0.15) is 0 Å². The number of hydrogen-bond acceptors (Lipinski definition) is 2. The van der Waals surface area contributed by atoms with Crippen LogP contribution in [-0.4, -0.2) is 25.1 Å². The highest BCUT2D eigenvalue weighted by molar-refractivity contribution is 6.00. The van der Waals surface area contributed by atoms with Crippen LogP contribution in [0.2, 0.25) is 0 Å². The van der Waals surface area contributed by atoms with Crippen LogP contribution < -0.4 is 4.74 Å². The van der Waals surface area contributed by atoms with Gasteiger partial charge in [-0.1, -0.05) is 36.8 Å². The van der Waals surface area contributed by atoms with Crippen molar-refractivity contribution in [2.75, 3.05) is 20.2 Å². The summed E-state index contributed by atoms with van der Waals surface area (Å²) >= 11 is 0. The molecule has 1 heterocycles. The maximum Gasteiger partial charge on any atom is 0.123 e. The molecular formula is C21H23NO. The molecule has 23 heavy (non-hydrogen) atoms. The highest BCUT2D eigenvalue weighted by atomic mass is 16.5. The summed E-state index contributed by atoms with van der Waals surface area (Å²) in [6.07, 6.45) is 4.00. The van der Waals surface area contributed by atoms with Gasteiger partial charge in [0.05, 0.1) is 7.11 Å². The van der Waals surface area contributed by atoms with Crippen LogP contribution in [0, 0.1) is 0 Å². The maximum absolute atomic E-state index is 5.68. The standard InChI is InChI=1S/C21H23NO/c1-23-21-10-9-18-13-16-7-3-4-8-17(16)14-19(18)20(21)15-22-11-5-2-6-12-22/h3-4,7-10,13-14H,2,5-6,11-12,15H2,1H3. The average molecular weight is 305 g/mol. The second-order valence-electron chi connectivity index (χ2n) is 6.50. The molecule has 0 unspecified atom stereocenters. The van der Waals surface area contributed by atoms with Crippen LogP contribution in [0.3, 0.4) is 0 Å². The maximum atomic E-state index is 5.68. The lowest BCUT2D eigenvalue weighted by molar-refractivity contribution is 0.219. The Morgan fingerprint density at radius 2 is 1.61 bits per heavy atom. The Bertz CT molecular complexity index is 834. The van der Waals surface area contributed by atoms with Crippen molar-refractivity contribution in [1.29, 1.82) is 0 Å². The quantitative estimate of drug-likeness (QED) is 0.632. The molecule has 118 valence electrons. The first-order valence-electron chi connectivity index (χ1n) is 8.56. The summed E-state index contributed by atoms with van der Waals surface area (Å²) in [6.45, 7) is 3.39. The number of fused-ring (bicyclic) bond motifs is 2. The van der Waals surface area contributed by atoms with E-state index in [1.54, 1.807) is 7.11 Å². The van der Waals surface area contributed by atoms with Crippen molar-refractivity contribution >= 4 is 21.5 Å². The van der Waals surface area contributed by atoms with Crippen LogP contribution in [0.25, 0.3) is 21.5 Å². The van der Waals surface area contributed by atoms with Crippen molar-refractivity contribution in [1.82, 2.24) is 4.90 Å². The normalized spacial score (nSPS) is 16.0. The van der Waals surface area contributed by atoms with Crippen molar-refractivity contribution in [2.45, 2.75) is 25.8 Å². The molecule has 4 rings (SSSR count). The molecule has 0 bridgehead atoms. The van der Waals surface area contributed by atoms with E-state index in [1.807, 2.05) is 0 Å². The van der Waals surface area contributed by atoms with Crippen molar-refractivity contribution in [3.8, 4) is 5.75 Å². The first-order chi connectivity index (χ1) is 11.3. The lowest BCUT2D eigenvalue weighted by Crippen LogP contribution is -2.29. The Hall–Kier alpha value is -2.06. The minimum atomic E-state index is 0.985. The monoisotopic (exact) mass is 305 g/mol. The zero-order valence-corrected chi connectivity index (χ0v) is 13.7. The van der Waals surface area contributed by atoms with E-state index in [-0.39, 0.29) is 0 Å². The number of piperidine rings is 1. The number of methoxy groups -OCH3 is 1. The summed E-state index contributed by atoms with van der Waals surface area (Å²) in [5.74, 6) is 1.01. The molecule has 1 aliphatic heterocycles. The van der Waals surface area contributed by atoms with Gasteiger partial charge in [-0.25, -0.2) is 0 Å². The van der Waals surface area contributed by atoms with Gasteiger partial charge in [0.1, 0.15) is 5.75 Å². The van der Waals surface area contributed by atoms with Crippen molar-refractivity contribution < 1.29 is 4.74 Å². The number of rotatable bonds is 3. The predicted octanol–water partition coefficient (Wildman–Crippen LogP) is 4.99. The molecule has 1 saturated heterocycles. The lowest BCUT2D eigenvalue weighted by atomic mass is 9.98. The third-order valence-corrected chi connectivity index (χ3v) is 5.00. The molecule has 1 fully saturated rings. The number of nitrogens with zero attached hydrogens (tertiary/aromatic N) is 1. The van der Waals surface area contributed by atoms with E-state index in [0.717, 1.165) is 12.3 Å². The van der Waals surface area contributed by atoms with Gasteiger partial charge in [-0.3, -0.25) is 4.90 Å². The summed E-state index contributed by atoms with van der Waals surface area (Å²) < 4.78 is 5.68. The van der Waals surface area contributed by atoms with Crippen LogP contribution in [-0.2, 0) is 6.54 Å². The van der Waals surface area contributed by atoms with Gasteiger partial charge >= 0.3 is 0 Å². The third kappa shape index (κ3) is 2.79. The van der Waals surface area contributed by atoms with E-state index in [4.69, 9.17) is 4.74 Å². The molecular weight excluding hydrogens is 282 g/mol. The fourth-order valence-corrected chi connectivity index (χ4v) is 3.75. The van der Waals surface area contributed by atoms with Gasteiger partial charge in [-0.15, -0.1) is 0 Å². The van der Waals surface area contributed by atoms with Gasteiger partial charge in [0.15, 0.2) is 0 Å². The Morgan fingerprint density at radius 3 is 2.35 bits per heavy atom. The number of ether oxygens (including phenoxy) is 1. The van der Waals surface area contributed by atoms with E-state index in [2.05, 4.69) is 53.4 Å². The summed E-state index contributed by atoms with van der Waals surface area (Å²) in [7, 11) is 1.78. The van der Waals surface area contributed by atoms with Crippen molar-refractivity contribution in [3.05, 3.63) is 54.1 Å². The zero-order valence-electron chi connectivity index (χ0n) is 13.7. The molecule has 0 radical (unpaired) electrons. The van der Waals surface area contributed by atoms with E-state index >= 15 is 0 Å². The van der Waals surface area contributed by atoms with Crippen LogP contribution in [0.5, 0.6) is 5.75 Å². The second kappa shape index (κ2) is 6.21. The average Bonchev–Trinajstić information content (AvgIpc) is 2.61. The topological polar surface area (TPSA) is 12.5 Å². The SMILES string of the molecule is COc1ccc2cc3ccccc3cc2c1CN1CCCCC1. The molecule has 3 aromatic carbocycles. The molecule has 0 aliphatic carbocycles. The van der Waals surface area contributed by atoms with Crippen molar-refractivity contribution in [3.63, 3.8) is 0 Å². The van der Waals surface area contributed by atoms with Gasteiger partial charge in [0, 0.05) is 12.1 Å². The fraction of sp³-hybridized carbons (Fsp3) is 0.333. The fourth-order valence-electron chi connectivity index (χ4n) is 3.75. The highest BCUT2D eigenvalue weighted by Gasteiger charge is 2.15. The molecule has 2 heteroatoms. The van der Waals surface area contributed by atoms with E-state index < -0.39 is 0 Å². The largest absolute Gasteiger partial charge is 0.496 e.